The summed E-state index contributed by atoms with van der Waals surface area (Å²) < 4.78 is 25.5. The molecule has 40 heavy (non-hydrogen) atoms. The Balaban J connectivity index is 1.47. The van der Waals surface area contributed by atoms with E-state index in [1.54, 1.807) is 17.0 Å². The van der Waals surface area contributed by atoms with Crippen LogP contribution in [0.2, 0.25) is 0 Å². The van der Waals surface area contributed by atoms with Gasteiger partial charge in [-0.3, -0.25) is 4.79 Å². The van der Waals surface area contributed by atoms with Crippen LogP contribution in [0.5, 0.6) is 0 Å². The van der Waals surface area contributed by atoms with E-state index in [-0.39, 0.29) is 42.8 Å². The van der Waals surface area contributed by atoms with Crippen molar-refractivity contribution in [1.82, 2.24) is 10.2 Å². The molecule has 1 fully saturated rings. The topological polar surface area (TPSA) is 79.9 Å². The molecular weight excluding hydrogens is 509 g/mol. The SMILES string of the molecule is CC(C)(C)OC(=O)NC[C@H](C(=O)N(CCC1CNc2ccc(F)cc21)COCc1ccccc1)C1CCCCC1. The van der Waals surface area contributed by atoms with E-state index in [0.717, 1.165) is 42.5 Å². The highest BCUT2D eigenvalue weighted by molar-refractivity contribution is 5.80. The number of amides is 2. The van der Waals surface area contributed by atoms with Crippen LogP contribution in [0.25, 0.3) is 0 Å². The maximum Gasteiger partial charge on any atom is 0.407 e. The van der Waals surface area contributed by atoms with Gasteiger partial charge in [-0.2, -0.15) is 0 Å². The second kappa shape index (κ2) is 14.0. The molecule has 218 valence electrons. The lowest BCUT2D eigenvalue weighted by Gasteiger charge is -2.34. The largest absolute Gasteiger partial charge is 0.444 e. The van der Waals surface area contributed by atoms with E-state index in [4.69, 9.17) is 9.47 Å². The number of halogens is 1. The maximum atomic E-state index is 14.2. The summed E-state index contributed by atoms with van der Waals surface area (Å²) in [5.41, 5.74) is 2.32. The zero-order valence-corrected chi connectivity index (χ0v) is 24.1. The molecule has 8 heteroatoms. The Hall–Kier alpha value is -3.13. The number of anilines is 1. The van der Waals surface area contributed by atoms with E-state index in [1.807, 2.05) is 51.1 Å². The molecule has 0 spiro atoms. The number of nitrogens with zero attached hydrogens (tertiary/aromatic N) is 1. The number of alkyl carbamates (subject to hydrolysis) is 1. The van der Waals surface area contributed by atoms with Gasteiger partial charge in [0.1, 0.15) is 18.1 Å². The van der Waals surface area contributed by atoms with Crippen LogP contribution in [0.15, 0.2) is 48.5 Å². The van der Waals surface area contributed by atoms with Crippen LogP contribution in [0, 0.1) is 17.7 Å². The molecule has 2 aliphatic rings. The van der Waals surface area contributed by atoms with Crippen LogP contribution in [0.3, 0.4) is 0 Å². The Morgan fingerprint density at radius 2 is 1.85 bits per heavy atom. The summed E-state index contributed by atoms with van der Waals surface area (Å²) in [5.74, 6) is -0.336. The van der Waals surface area contributed by atoms with E-state index < -0.39 is 11.7 Å². The number of ether oxygens (including phenoxy) is 2. The Bertz CT molecular complexity index is 1110. The maximum absolute atomic E-state index is 14.2. The summed E-state index contributed by atoms with van der Waals surface area (Å²) in [6.45, 7) is 7.43. The van der Waals surface area contributed by atoms with Crippen molar-refractivity contribution >= 4 is 17.7 Å². The number of nitrogens with one attached hydrogen (secondary N) is 2. The highest BCUT2D eigenvalue weighted by Gasteiger charge is 2.34. The zero-order chi connectivity index (χ0) is 28.5. The molecule has 2 aromatic rings. The first-order valence-corrected chi connectivity index (χ1v) is 14.6. The van der Waals surface area contributed by atoms with Gasteiger partial charge in [0.05, 0.1) is 12.5 Å². The highest BCUT2D eigenvalue weighted by atomic mass is 19.1. The van der Waals surface area contributed by atoms with Crippen LogP contribution in [0.1, 0.15) is 76.3 Å². The molecule has 0 bridgehead atoms. The predicted molar refractivity (Wildman–Crippen MR) is 154 cm³/mol. The molecule has 0 aromatic heterocycles. The smallest absolute Gasteiger partial charge is 0.407 e. The third kappa shape index (κ3) is 8.68. The normalized spacial score (nSPS) is 17.9. The van der Waals surface area contributed by atoms with Crippen molar-refractivity contribution in [3.63, 3.8) is 0 Å². The molecular formula is C32H44FN3O4. The molecule has 7 nitrogen and oxygen atoms in total. The van der Waals surface area contributed by atoms with Gasteiger partial charge in [0, 0.05) is 31.2 Å². The van der Waals surface area contributed by atoms with Crippen LogP contribution in [0.4, 0.5) is 14.9 Å². The van der Waals surface area contributed by atoms with E-state index in [1.165, 1.54) is 12.5 Å². The molecule has 2 N–H and O–H groups in total. The number of rotatable bonds is 11. The third-order valence-corrected chi connectivity index (χ3v) is 7.81. The molecule has 0 saturated heterocycles. The average Bonchev–Trinajstić information content (AvgIpc) is 3.32. The van der Waals surface area contributed by atoms with Crippen LogP contribution >= 0.6 is 0 Å². The minimum atomic E-state index is -0.614. The molecule has 4 rings (SSSR count). The number of hydrogen-bond donors (Lipinski definition) is 2. The standard InChI is InChI=1S/C32H44FN3O4/c1-32(2,3)40-31(38)35-20-28(24-12-8-5-9-13-24)30(37)36(22-39-21-23-10-6-4-7-11-23)17-16-25-19-34-29-15-14-26(33)18-27(25)29/h4,6-7,10-11,14-15,18,24-25,28,34H,5,8-9,12-13,16-17,19-22H2,1-3H3,(H,35,38)/t25?,28-/m0/s1. The first kappa shape index (κ1) is 29.8. The van der Waals surface area contributed by atoms with E-state index in [2.05, 4.69) is 10.6 Å². The molecule has 1 aliphatic carbocycles. The fourth-order valence-electron chi connectivity index (χ4n) is 5.77. The number of carbonyl (C=O) groups excluding carboxylic acids is 2. The molecule has 1 unspecified atom stereocenters. The van der Waals surface area contributed by atoms with Gasteiger partial charge in [-0.1, -0.05) is 49.6 Å². The zero-order valence-electron chi connectivity index (χ0n) is 24.1. The summed E-state index contributed by atoms with van der Waals surface area (Å²) >= 11 is 0. The molecule has 0 radical (unpaired) electrons. The van der Waals surface area contributed by atoms with Crippen LogP contribution in [-0.4, -0.2) is 48.9 Å². The Morgan fingerprint density at radius 3 is 2.58 bits per heavy atom. The minimum Gasteiger partial charge on any atom is -0.444 e. The molecule has 1 heterocycles. The summed E-state index contributed by atoms with van der Waals surface area (Å²) in [6.07, 6.45) is 5.44. The first-order valence-electron chi connectivity index (χ1n) is 14.6. The lowest BCUT2D eigenvalue weighted by molar-refractivity contribution is -0.144. The second-order valence-electron chi connectivity index (χ2n) is 12.1. The number of benzene rings is 2. The van der Waals surface area contributed by atoms with Gasteiger partial charge in [-0.15, -0.1) is 0 Å². The highest BCUT2D eigenvalue weighted by Crippen LogP contribution is 2.35. The van der Waals surface area contributed by atoms with Crippen molar-refractivity contribution in [2.24, 2.45) is 11.8 Å². The Labute approximate surface area is 237 Å². The molecule has 1 saturated carbocycles. The summed E-state index contributed by atoms with van der Waals surface area (Å²) in [5, 5.41) is 6.23. The fourth-order valence-corrected chi connectivity index (χ4v) is 5.77. The fraction of sp³-hybridized carbons (Fsp3) is 0.562. The summed E-state index contributed by atoms with van der Waals surface area (Å²) in [7, 11) is 0. The van der Waals surface area contributed by atoms with Gasteiger partial charge >= 0.3 is 6.09 Å². The second-order valence-corrected chi connectivity index (χ2v) is 12.1. The quantitative estimate of drug-likeness (QED) is 0.313. The van der Waals surface area contributed by atoms with Gasteiger partial charge in [0.25, 0.3) is 0 Å². The third-order valence-electron chi connectivity index (χ3n) is 7.81. The van der Waals surface area contributed by atoms with Crippen molar-refractivity contribution in [1.29, 1.82) is 0 Å². The van der Waals surface area contributed by atoms with Crippen molar-refractivity contribution in [3.05, 3.63) is 65.5 Å². The average molecular weight is 554 g/mol. The molecule has 2 aromatic carbocycles. The predicted octanol–water partition coefficient (Wildman–Crippen LogP) is 6.45. The van der Waals surface area contributed by atoms with Crippen molar-refractivity contribution in [2.45, 2.75) is 77.4 Å². The molecule has 2 amide bonds. The Morgan fingerprint density at radius 1 is 1.10 bits per heavy atom. The van der Waals surface area contributed by atoms with Gasteiger partial charge in [0.2, 0.25) is 5.91 Å². The van der Waals surface area contributed by atoms with E-state index >= 15 is 0 Å². The summed E-state index contributed by atoms with van der Waals surface area (Å²) in [4.78, 5) is 28.4. The molecule has 2 atom stereocenters. The van der Waals surface area contributed by atoms with E-state index in [0.29, 0.717) is 26.1 Å². The van der Waals surface area contributed by atoms with Crippen molar-refractivity contribution in [2.75, 3.05) is 31.7 Å². The summed E-state index contributed by atoms with van der Waals surface area (Å²) in [6, 6.07) is 14.7. The van der Waals surface area contributed by atoms with Crippen molar-refractivity contribution < 1.29 is 23.5 Å². The monoisotopic (exact) mass is 553 g/mol. The van der Waals surface area contributed by atoms with Gasteiger partial charge in [-0.05, 0) is 75.3 Å². The first-order chi connectivity index (χ1) is 19.2. The number of fused-ring (bicyclic) bond motifs is 1. The van der Waals surface area contributed by atoms with Gasteiger partial charge in [0.15, 0.2) is 0 Å². The number of hydrogen-bond acceptors (Lipinski definition) is 5. The number of carbonyl (C=O) groups is 2. The lowest BCUT2D eigenvalue weighted by atomic mass is 9.79. The molecule has 1 aliphatic heterocycles. The minimum absolute atomic E-state index is 0.0126. The van der Waals surface area contributed by atoms with Crippen LogP contribution in [-0.2, 0) is 20.9 Å². The lowest BCUT2D eigenvalue weighted by Crippen LogP contribution is -2.47. The van der Waals surface area contributed by atoms with Crippen molar-refractivity contribution in [3.8, 4) is 0 Å². The Kier molecular flexibility index (Phi) is 10.4. The van der Waals surface area contributed by atoms with Crippen LogP contribution < -0.4 is 10.6 Å². The van der Waals surface area contributed by atoms with Gasteiger partial charge < -0.3 is 25.0 Å². The van der Waals surface area contributed by atoms with Gasteiger partial charge in [-0.25, -0.2) is 9.18 Å². The van der Waals surface area contributed by atoms with E-state index in [9.17, 15) is 14.0 Å².